The van der Waals surface area contributed by atoms with E-state index in [0.717, 1.165) is 17.9 Å². The quantitative estimate of drug-likeness (QED) is 0.833. The maximum Gasteiger partial charge on any atom is 0.222 e. The van der Waals surface area contributed by atoms with Crippen LogP contribution in [0.1, 0.15) is 50.5 Å². The van der Waals surface area contributed by atoms with Gasteiger partial charge in [-0.2, -0.15) is 0 Å². The first-order valence-electron chi connectivity index (χ1n) is 7.98. The molecular formula is C16H23NO4S. The monoisotopic (exact) mass is 325 g/mol. The van der Waals surface area contributed by atoms with Crippen LogP contribution in [0.25, 0.3) is 0 Å². The van der Waals surface area contributed by atoms with E-state index in [0.29, 0.717) is 31.2 Å². The zero-order valence-electron chi connectivity index (χ0n) is 13.1. The van der Waals surface area contributed by atoms with Gasteiger partial charge >= 0.3 is 0 Å². The molecule has 0 radical (unpaired) electrons. The molecule has 1 aliphatic carbocycles. The van der Waals surface area contributed by atoms with Gasteiger partial charge in [-0.05, 0) is 30.9 Å². The maximum atomic E-state index is 12.2. The number of hydrogen-bond acceptors (Lipinski definition) is 4. The fraction of sp³-hybridized carbons (Fsp3) is 0.688. The molecule has 1 saturated heterocycles. The number of amides is 1. The van der Waals surface area contributed by atoms with Crippen molar-refractivity contribution < 1.29 is 17.6 Å². The van der Waals surface area contributed by atoms with Crippen LogP contribution in [0.3, 0.4) is 0 Å². The van der Waals surface area contributed by atoms with E-state index in [2.05, 4.69) is 6.92 Å². The highest BCUT2D eigenvalue weighted by molar-refractivity contribution is 7.91. The zero-order chi connectivity index (χ0) is 15.9. The van der Waals surface area contributed by atoms with Gasteiger partial charge in [0.1, 0.15) is 11.5 Å². The van der Waals surface area contributed by atoms with Crippen molar-refractivity contribution in [3.8, 4) is 0 Å². The molecule has 2 aliphatic rings. The Hall–Kier alpha value is -1.30. The lowest BCUT2D eigenvalue weighted by atomic mass is 10.2. The van der Waals surface area contributed by atoms with Gasteiger partial charge in [-0.1, -0.05) is 13.8 Å². The van der Waals surface area contributed by atoms with Gasteiger partial charge in [0.2, 0.25) is 5.91 Å². The lowest BCUT2D eigenvalue weighted by molar-refractivity contribution is -0.133. The van der Waals surface area contributed by atoms with E-state index in [9.17, 15) is 13.2 Å². The molecule has 0 spiro atoms. The molecule has 6 heteroatoms. The van der Waals surface area contributed by atoms with E-state index < -0.39 is 9.84 Å². The second-order valence-electron chi connectivity index (χ2n) is 6.56. The molecule has 1 amide bonds. The van der Waals surface area contributed by atoms with Crippen molar-refractivity contribution in [3.05, 3.63) is 23.7 Å². The van der Waals surface area contributed by atoms with Crippen LogP contribution in [-0.2, 0) is 21.2 Å². The van der Waals surface area contributed by atoms with Crippen LogP contribution in [0.2, 0.25) is 0 Å². The summed E-state index contributed by atoms with van der Waals surface area (Å²) in [6, 6.07) is 3.69. The molecule has 2 fully saturated rings. The molecular weight excluding hydrogens is 302 g/mol. The van der Waals surface area contributed by atoms with Gasteiger partial charge in [0.05, 0.1) is 18.1 Å². The predicted molar refractivity (Wildman–Crippen MR) is 83.1 cm³/mol. The molecule has 3 unspecified atom stereocenters. The topological polar surface area (TPSA) is 67.6 Å². The zero-order valence-corrected chi connectivity index (χ0v) is 13.9. The van der Waals surface area contributed by atoms with Gasteiger partial charge in [0, 0.05) is 18.4 Å². The minimum Gasteiger partial charge on any atom is -0.464 e. The summed E-state index contributed by atoms with van der Waals surface area (Å²) in [5, 5.41) is 0. The Morgan fingerprint density at radius 3 is 2.68 bits per heavy atom. The van der Waals surface area contributed by atoms with E-state index in [1.165, 1.54) is 0 Å². The molecule has 5 nitrogen and oxygen atoms in total. The lowest BCUT2D eigenvalue weighted by Gasteiger charge is -2.27. The maximum absolute atomic E-state index is 12.2. The molecule has 2 heterocycles. The summed E-state index contributed by atoms with van der Waals surface area (Å²) in [5.41, 5.74) is 0. The number of rotatable bonds is 5. The fourth-order valence-electron chi connectivity index (χ4n) is 3.21. The largest absolute Gasteiger partial charge is 0.464 e. The van der Waals surface area contributed by atoms with Crippen LogP contribution in [0.4, 0.5) is 0 Å². The number of nitrogens with zero attached hydrogens (tertiary/aromatic N) is 1. The highest BCUT2D eigenvalue weighted by atomic mass is 32.2. The Labute approximate surface area is 131 Å². The summed E-state index contributed by atoms with van der Waals surface area (Å²) >= 11 is 0. The van der Waals surface area contributed by atoms with E-state index >= 15 is 0 Å². The van der Waals surface area contributed by atoms with E-state index in [4.69, 9.17) is 4.42 Å². The van der Waals surface area contributed by atoms with Crippen molar-refractivity contribution in [1.82, 2.24) is 4.90 Å². The van der Waals surface area contributed by atoms with Crippen LogP contribution in [0.15, 0.2) is 16.5 Å². The van der Waals surface area contributed by atoms with Gasteiger partial charge < -0.3 is 9.32 Å². The van der Waals surface area contributed by atoms with Crippen LogP contribution >= 0.6 is 0 Å². The van der Waals surface area contributed by atoms with Crippen molar-refractivity contribution in [3.63, 3.8) is 0 Å². The normalized spacial score (nSPS) is 29.5. The van der Waals surface area contributed by atoms with Gasteiger partial charge in [0.25, 0.3) is 0 Å². The van der Waals surface area contributed by atoms with Crippen LogP contribution in [0, 0.1) is 5.92 Å². The van der Waals surface area contributed by atoms with Gasteiger partial charge in [-0.3, -0.25) is 4.79 Å². The van der Waals surface area contributed by atoms with E-state index in [-0.39, 0.29) is 23.5 Å². The Balaban J connectivity index is 1.73. The minimum atomic E-state index is -3.00. The Bertz CT molecular complexity index is 663. The summed E-state index contributed by atoms with van der Waals surface area (Å²) in [6.07, 6.45) is 2.07. The van der Waals surface area contributed by atoms with E-state index in [1.807, 2.05) is 12.1 Å². The molecule has 0 N–H and O–H groups in total. The molecule has 122 valence electrons. The van der Waals surface area contributed by atoms with Crippen molar-refractivity contribution >= 4 is 15.7 Å². The molecule has 1 aliphatic heterocycles. The highest BCUT2D eigenvalue weighted by Gasteiger charge is 2.37. The van der Waals surface area contributed by atoms with Crippen molar-refractivity contribution in [1.29, 1.82) is 0 Å². The third kappa shape index (κ3) is 3.21. The smallest absolute Gasteiger partial charge is 0.222 e. The molecule has 0 bridgehead atoms. The first-order chi connectivity index (χ1) is 10.4. The fourth-order valence-corrected chi connectivity index (χ4v) is 4.94. The van der Waals surface area contributed by atoms with Crippen LogP contribution in [-0.4, -0.2) is 36.8 Å². The number of carbonyl (C=O) groups excluding carboxylic acids is 1. The standard InChI is InChI=1S/C16H23NO4S/c1-3-16(18)17(12-6-7-22(19,20)10-12)9-13-4-5-15(21-13)14-8-11(14)2/h4-5,11-12,14H,3,6-10H2,1-2H3. The number of sulfone groups is 1. The molecule has 1 saturated carbocycles. The molecule has 3 rings (SSSR count). The second-order valence-corrected chi connectivity index (χ2v) is 8.78. The molecule has 22 heavy (non-hydrogen) atoms. The third-order valence-corrected chi connectivity index (χ3v) is 6.51. The first-order valence-corrected chi connectivity index (χ1v) is 9.80. The van der Waals surface area contributed by atoms with E-state index in [1.54, 1.807) is 11.8 Å². The lowest BCUT2D eigenvalue weighted by Crippen LogP contribution is -2.40. The molecule has 0 aromatic carbocycles. The third-order valence-electron chi connectivity index (χ3n) is 4.76. The summed E-state index contributed by atoms with van der Waals surface area (Å²) in [4.78, 5) is 13.9. The average Bonchev–Trinajstić information content (AvgIpc) is 2.88. The average molecular weight is 325 g/mol. The Morgan fingerprint density at radius 2 is 2.14 bits per heavy atom. The predicted octanol–water partition coefficient (Wildman–Crippen LogP) is 2.33. The minimum absolute atomic E-state index is 0.0140. The summed E-state index contributed by atoms with van der Waals surface area (Å²) < 4.78 is 29.2. The molecule has 1 aromatic heterocycles. The van der Waals surface area contributed by atoms with Crippen molar-refractivity contribution in [2.75, 3.05) is 11.5 Å². The first kappa shape index (κ1) is 15.6. The van der Waals surface area contributed by atoms with Gasteiger partial charge in [-0.25, -0.2) is 8.42 Å². The highest BCUT2D eigenvalue weighted by Crippen LogP contribution is 2.47. The number of furan rings is 1. The molecule has 1 aromatic rings. The Morgan fingerprint density at radius 1 is 1.41 bits per heavy atom. The van der Waals surface area contributed by atoms with Crippen LogP contribution in [0.5, 0.6) is 0 Å². The Kier molecular flexibility index (Phi) is 4.05. The summed E-state index contributed by atoms with van der Waals surface area (Å²) in [6.45, 7) is 4.37. The summed E-state index contributed by atoms with van der Waals surface area (Å²) in [7, 11) is -3.00. The van der Waals surface area contributed by atoms with Gasteiger partial charge in [-0.15, -0.1) is 0 Å². The van der Waals surface area contributed by atoms with Crippen molar-refractivity contribution in [2.45, 2.75) is 51.6 Å². The number of carbonyl (C=O) groups is 1. The van der Waals surface area contributed by atoms with Gasteiger partial charge in [0.15, 0.2) is 9.84 Å². The van der Waals surface area contributed by atoms with Crippen molar-refractivity contribution in [2.24, 2.45) is 5.92 Å². The number of hydrogen-bond donors (Lipinski definition) is 0. The summed E-state index contributed by atoms with van der Waals surface area (Å²) in [5.74, 6) is 3.16. The second kappa shape index (κ2) is 5.72. The van der Waals surface area contributed by atoms with Crippen LogP contribution < -0.4 is 0 Å². The SMILES string of the molecule is CCC(=O)N(Cc1ccc(C2CC2C)o1)C1CCS(=O)(=O)C1. The molecule has 3 atom stereocenters.